The van der Waals surface area contributed by atoms with Gasteiger partial charge >= 0.3 is 5.97 Å². The zero-order valence-corrected chi connectivity index (χ0v) is 16.9. The molecule has 0 bridgehead atoms. The lowest BCUT2D eigenvalue weighted by atomic mass is 10.1. The molecular weight excluding hydrogens is 359 g/mol. The maximum Gasteiger partial charge on any atom is 0.317 e. The quantitative estimate of drug-likeness (QED) is 0.824. The zero-order valence-electron chi connectivity index (χ0n) is 16.9. The van der Waals surface area contributed by atoms with Crippen molar-refractivity contribution in [2.75, 3.05) is 26.7 Å². The number of halogens is 1. The molecule has 1 atom stereocenters. The van der Waals surface area contributed by atoms with E-state index < -0.39 is 5.97 Å². The van der Waals surface area contributed by atoms with Crippen molar-refractivity contribution in [2.24, 2.45) is 0 Å². The molecule has 3 rings (SSSR count). The summed E-state index contributed by atoms with van der Waals surface area (Å²) in [5.41, 5.74) is 4.14. The molecule has 28 heavy (non-hydrogen) atoms. The summed E-state index contributed by atoms with van der Waals surface area (Å²) in [5.74, 6) is -1.03. The van der Waals surface area contributed by atoms with Gasteiger partial charge in [0.15, 0.2) is 0 Å². The van der Waals surface area contributed by atoms with Gasteiger partial charge in [-0.3, -0.25) is 14.6 Å². The van der Waals surface area contributed by atoms with E-state index in [2.05, 4.69) is 16.9 Å². The van der Waals surface area contributed by atoms with E-state index in [4.69, 9.17) is 5.11 Å². The normalized spacial score (nSPS) is 18.4. The van der Waals surface area contributed by atoms with Crippen molar-refractivity contribution in [1.29, 1.82) is 0 Å². The standard InChI is InChI=1S/C21H29FN4O2/c1-15-20(16(2)26(23-15)19-8-6-17(22)7-9-19)13-25-11-4-5-18(10-12-25)24(3)14-21(27)28/h6-9,18H,4-5,10-14H2,1-3H3,(H,27,28). The first-order chi connectivity index (χ1) is 13.3. The maximum absolute atomic E-state index is 13.2. The summed E-state index contributed by atoms with van der Waals surface area (Å²) in [6.45, 7) is 6.93. The summed E-state index contributed by atoms with van der Waals surface area (Å²) in [7, 11) is 1.90. The van der Waals surface area contributed by atoms with Gasteiger partial charge in [-0.1, -0.05) is 0 Å². The van der Waals surface area contributed by atoms with Gasteiger partial charge in [-0.2, -0.15) is 5.10 Å². The van der Waals surface area contributed by atoms with Crippen molar-refractivity contribution in [2.45, 2.75) is 45.7 Å². The highest BCUT2D eigenvalue weighted by Crippen LogP contribution is 2.22. The summed E-state index contributed by atoms with van der Waals surface area (Å²) in [6.07, 6.45) is 3.04. The summed E-state index contributed by atoms with van der Waals surface area (Å²) >= 11 is 0. The Labute approximate surface area is 165 Å². The van der Waals surface area contributed by atoms with Crippen molar-refractivity contribution in [1.82, 2.24) is 19.6 Å². The molecule has 0 saturated carbocycles. The van der Waals surface area contributed by atoms with Crippen LogP contribution in [0.4, 0.5) is 4.39 Å². The smallest absolute Gasteiger partial charge is 0.317 e. The number of nitrogens with zero attached hydrogens (tertiary/aromatic N) is 4. The summed E-state index contributed by atoms with van der Waals surface area (Å²) in [5, 5.41) is 13.7. The number of rotatable bonds is 6. The highest BCUT2D eigenvalue weighted by Gasteiger charge is 2.23. The van der Waals surface area contributed by atoms with Crippen LogP contribution >= 0.6 is 0 Å². The van der Waals surface area contributed by atoms with E-state index in [1.165, 1.54) is 17.7 Å². The molecule has 2 heterocycles. The van der Waals surface area contributed by atoms with Gasteiger partial charge < -0.3 is 5.11 Å². The van der Waals surface area contributed by atoms with Gasteiger partial charge in [0.2, 0.25) is 0 Å². The first-order valence-electron chi connectivity index (χ1n) is 9.80. The fraction of sp³-hybridized carbons (Fsp3) is 0.524. The highest BCUT2D eigenvalue weighted by molar-refractivity contribution is 5.69. The van der Waals surface area contributed by atoms with Gasteiger partial charge in [-0.05, 0) is 77.5 Å². The molecule has 1 aromatic heterocycles. The number of likely N-dealkylation sites (N-methyl/N-ethyl adjacent to an activating group) is 1. The largest absolute Gasteiger partial charge is 0.480 e. The topological polar surface area (TPSA) is 61.6 Å². The molecule has 0 spiro atoms. The Hall–Kier alpha value is -2.25. The van der Waals surface area contributed by atoms with Crippen LogP contribution in [-0.2, 0) is 11.3 Å². The number of likely N-dealkylation sites (tertiary alicyclic amines) is 1. The van der Waals surface area contributed by atoms with Crippen LogP contribution in [0.25, 0.3) is 5.69 Å². The number of carbonyl (C=O) groups is 1. The van der Waals surface area contributed by atoms with E-state index in [0.29, 0.717) is 6.04 Å². The average Bonchev–Trinajstić information content (AvgIpc) is 2.82. The van der Waals surface area contributed by atoms with Gasteiger partial charge in [-0.15, -0.1) is 0 Å². The van der Waals surface area contributed by atoms with Crippen molar-refractivity contribution >= 4 is 5.97 Å². The Morgan fingerprint density at radius 2 is 1.96 bits per heavy atom. The lowest BCUT2D eigenvalue weighted by Gasteiger charge is -2.25. The molecule has 7 heteroatoms. The molecule has 0 amide bonds. The molecule has 1 unspecified atom stereocenters. The fourth-order valence-electron chi connectivity index (χ4n) is 4.04. The number of carboxylic acid groups (broad SMARTS) is 1. The lowest BCUT2D eigenvalue weighted by Crippen LogP contribution is -2.36. The Bertz CT molecular complexity index is 819. The minimum Gasteiger partial charge on any atom is -0.480 e. The number of hydrogen-bond acceptors (Lipinski definition) is 4. The highest BCUT2D eigenvalue weighted by atomic mass is 19.1. The number of benzene rings is 1. The van der Waals surface area contributed by atoms with Crippen LogP contribution in [0.2, 0.25) is 0 Å². The number of aromatic nitrogens is 2. The third kappa shape index (κ3) is 4.77. The number of carboxylic acids is 1. The fourth-order valence-corrected chi connectivity index (χ4v) is 4.04. The van der Waals surface area contributed by atoms with E-state index in [9.17, 15) is 9.18 Å². The average molecular weight is 388 g/mol. The number of aliphatic carboxylic acids is 1. The van der Waals surface area contributed by atoms with Crippen LogP contribution in [0.15, 0.2) is 24.3 Å². The van der Waals surface area contributed by atoms with Crippen molar-refractivity contribution in [3.8, 4) is 5.69 Å². The molecule has 1 aromatic carbocycles. The van der Waals surface area contributed by atoms with Gasteiger partial charge in [0, 0.05) is 23.8 Å². The first-order valence-corrected chi connectivity index (χ1v) is 9.80. The summed E-state index contributed by atoms with van der Waals surface area (Å²) in [4.78, 5) is 15.4. The molecule has 1 N–H and O–H groups in total. The van der Waals surface area contributed by atoms with Crippen LogP contribution in [0.1, 0.15) is 36.2 Å². The van der Waals surface area contributed by atoms with Gasteiger partial charge in [0.25, 0.3) is 0 Å². The SMILES string of the molecule is Cc1nn(-c2ccc(F)cc2)c(C)c1CN1CCCC(N(C)CC(=O)O)CC1. The second-order valence-corrected chi connectivity index (χ2v) is 7.71. The van der Waals surface area contributed by atoms with Crippen LogP contribution in [0.3, 0.4) is 0 Å². The molecule has 6 nitrogen and oxygen atoms in total. The summed E-state index contributed by atoms with van der Waals surface area (Å²) < 4.78 is 15.1. The predicted molar refractivity (Wildman–Crippen MR) is 106 cm³/mol. The van der Waals surface area contributed by atoms with Crippen molar-refractivity contribution < 1.29 is 14.3 Å². The van der Waals surface area contributed by atoms with Crippen molar-refractivity contribution in [3.63, 3.8) is 0 Å². The Kier molecular flexibility index (Phi) is 6.46. The third-order valence-corrected chi connectivity index (χ3v) is 5.69. The van der Waals surface area contributed by atoms with Gasteiger partial charge in [0.1, 0.15) is 5.82 Å². The molecule has 1 aliphatic heterocycles. The van der Waals surface area contributed by atoms with Gasteiger partial charge in [-0.25, -0.2) is 9.07 Å². The minimum absolute atomic E-state index is 0.0906. The molecular formula is C21H29FN4O2. The first kappa shape index (κ1) is 20.5. The van der Waals surface area contributed by atoms with Crippen molar-refractivity contribution in [3.05, 3.63) is 47.0 Å². The van der Waals surface area contributed by atoms with Crippen LogP contribution < -0.4 is 0 Å². The zero-order chi connectivity index (χ0) is 20.3. The van der Waals surface area contributed by atoms with E-state index >= 15 is 0 Å². The van der Waals surface area contributed by atoms with E-state index in [1.54, 1.807) is 12.1 Å². The molecule has 1 aliphatic rings. The molecule has 0 aliphatic carbocycles. The van der Waals surface area contributed by atoms with E-state index in [1.807, 2.05) is 23.6 Å². The third-order valence-electron chi connectivity index (χ3n) is 5.69. The molecule has 1 fully saturated rings. The van der Waals surface area contributed by atoms with Crippen LogP contribution in [-0.4, -0.2) is 63.4 Å². The molecule has 1 saturated heterocycles. The maximum atomic E-state index is 13.2. The minimum atomic E-state index is -0.775. The number of hydrogen-bond donors (Lipinski definition) is 1. The monoisotopic (exact) mass is 388 g/mol. The Morgan fingerprint density at radius 1 is 1.25 bits per heavy atom. The predicted octanol–water partition coefficient (Wildman–Crippen LogP) is 3.00. The van der Waals surface area contributed by atoms with E-state index in [0.717, 1.165) is 56.0 Å². The van der Waals surface area contributed by atoms with Crippen LogP contribution in [0.5, 0.6) is 0 Å². The molecule has 152 valence electrons. The number of aryl methyl sites for hydroxylation is 1. The Morgan fingerprint density at radius 3 is 2.64 bits per heavy atom. The Balaban J connectivity index is 1.69. The molecule has 0 radical (unpaired) electrons. The van der Waals surface area contributed by atoms with E-state index in [-0.39, 0.29) is 12.4 Å². The van der Waals surface area contributed by atoms with Crippen LogP contribution in [0, 0.1) is 19.7 Å². The lowest BCUT2D eigenvalue weighted by molar-refractivity contribution is -0.138. The second kappa shape index (κ2) is 8.84. The molecule has 2 aromatic rings. The second-order valence-electron chi connectivity index (χ2n) is 7.71. The van der Waals surface area contributed by atoms with Gasteiger partial charge in [0.05, 0.1) is 17.9 Å². The summed E-state index contributed by atoms with van der Waals surface area (Å²) in [6, 6.07) is 6.70.